The first kappa shape index (κ1) is 13.9. The molecular formula is C15H21NO3. The number of aliphatic hydroxyl groups excluding tert-OH is 1. The molecule has 104 valence electrons. The first-order valence-electron chi connectivity index (χ1n) is 6.68. The fraction of sp³-hybridized carbons (Fsp3) is 0.533. The van der Waals surface area contributed by atoms with Gasteiger partial charge in [0.1, 0.15) is 5.75 Å². The lowest BCUT2D eigenvalue weighted by Crippen LogP contribution is -2.31. The molecular weight excluding hydrogens is 242 g/mol. The molecule has 0 spiro atoms. The van der Waals surface area contributed by atoms with E-state index < -0.39 is 0 Å². The fourth-order valence-electron chi connectivity index (χ4n) is 2.03. The molecule has 0 aliphatic heterocycles. The van der Waals surface area contributed by atoms with Crippen LogP contribution in [0.2, 0.25) is 0 Å². The number of carbonyl (C=O) groups is 1. The minimum atomic E-state index is -0.0222. The van der Waals surface area contributed by atoms with Crippen LogP contribution >= 0.6 is 0 Å². The molecule has 1 aromatic rings. The number of carbonyl (C=O) groups excluding carboxylic acids is 1. The van der Waals surface area contributed by atoms with Gasteiger partial charge in [0.25, 0.3) is 0 Å². The van der Waals surface area contributed by atoms with Crippen molar-refractivity contribution in [1.29, 1.82) is 0 Å². The predicted molar refractivity (Wildman–Crippen MR) is 73.1 cm³/mol. The van der Waals surface area contributed by atoms with E-state index >= 15 is 0 Å². The van der Waals surface area contributed by atoms with Crippen LogP contribution in [0.25, 0.3) is 0 Å². The van der Waals surface area contributed by atoms with Crippen molar-refractivity contribution in [3.05, 3.63) is 29.8 Å². The number of ether oxygens (including phenoxy) is 1. The predicted octanol–water partition coefficient (Wildman–Crippen LogP) is 1.52. The Morgan fingerprint density at radius 3 is 2.89 bits per heavy atom. The van der Waals surface area contributed by atoms with E-state index in [-0.39, 0.29) is 17.9 Å². The summed E-state index contributed by atoms with van der Waals surface area (Å²) in [5, 5.41) is 12.1. The van der Waals surface area contributed by atoms with Gasteiger partial charge >= 0.3 is 0 Å². The summed E-state index contributed by atoms with van der Waals surface area (Å²) in [4.78, 5) is 11.7. The zero-order chi connectivity index (χ0) is 13.7. The number of benzene rings is 1. The Morgan fingerprint density at radius 1 is 1.47 bits per heavy atom. The molecule has 0 atom stereocenters. The maximum Gasteiger partial charge on any atom is 0.220 e. The average Bonchev–Trinajstić information content (AvgIpc) is 3.24. The lowest BCUT2D eigenvalue weighted by molar-refractivity contribution is -0.121. The summed E-state index contributed by atoms with van der Waals surface area (Å²) in [7, 11) is 1.63. The first-order valence-corrected chi connectivity index (χ1v) is 6.68. The Hall–Kier alpha value is -1.55. The van der Waals surface area contributed by atoms with Gasteiger partial charge in [-0.2, -0.15) is 0 Å². The summed E-state index contributed by atoms with van der Waals surface area (Å²) < 4.78 is 5.15. The molecule has 19 heavy (non-hydrogen) atoms. The molecule has 2 N–H and O–H groups in total. The molecule has 0 saturated heterocycles. The number of hydrogen-bond acceptors (Lipinski definition) is 3. The Kier molecular flexibility index (Phi) is 4.43. The summed E-state index contributed by atoms with van der Waals surface area (Å²) >= 11 is 0. The van der Waals surface area contributed by atoms with Crippen LogP contribution in [0.5, 0.6) is 5.75 Å². The van der Waals surface area contributed by atoms with Crippen molar-refractivity contribution in [3.63, 3.8) is 0 Å². The molecule has 1 aliphatic rings. The van der Waals surface area contributed by atoms with E-state index in [9.17, 15) is 4.79 Å². The Bertz CT molecular complexity index is 441. The molecule has 1 amide bonds. The number of aliphatic hydroxyl groups is 1. The van der Waals surface area contributed by atoms with E-state index in [0.29, 0.717) is 19.4 Å². The number of hydrogen-bond donors (Lipinski definition) is 2. The number of methoxy groups -OCH3 is 1. The topological polar surface area (TPSA) is 58.6 Å². The largest absolute Gasteiger partial charge is 0.497 e. The molecule has 1 fully saturated rings. The highest BCUT2D eigenvalue weighted by Crippen LogP contribution is 2.44. The molecule has 0 heterocycles. The van der Waals surface area contributed by atoms with Crippen LogP contribution in [-0.2, 0) is 11.2 Å². The Labute approximate surface area is 113 Å². The second-order valence-corrected chi connectivity index (χ2v) is 5.29. The lowest BCUT2D eigenvalue weighted by Gasteiger charge is -2.12. The highest BCUT2D eigenvalue weighted by Gasteiger charge is 2.41. The van der Waals surface area contributed by atoms with Crippen LogP contribution in [0, 0.1) is 5.41 Å². The van der Waals surface area contributed by atoms with Gasteiger partial charge in [-0.15, -0.1) is 0 Å². The standard InChI is InChI=1S/C15H21NO3/c1-19-13-4-2-3-12(9-13)5-6-14(18)16-10-15(11-17)7-8-15/h2-4,9,17H,5-8,10-11H2,1H3,(H,16,18). The molecule has 2 rings (SSSR count). The van der Waals surface area contributed by atoms with Gasteiger partial charge in [0.15, 0.2) is 0 Å². The van der Waals surface area contributed by atoms with Crippen LogP contribution in [0.15, 0.2) is 24.3 Å². The van der Waals surface area contributed by atoms with Crippen LogP contribution in [0.3, 0.4) is 0 Å². The van der Waals surface area contributed by atoms with E-state index in [1.54, 1.807) is 7.11 Å². The third kappa shape index (κ3) is 3.96. The second kappa shape index (κ2) is 6.06. The van der Waals surface area contributed by atoms with Crippen molar-refractivity contribution in [3.8, 4) is 5.75 Å². The van der Waals surface area contributed by atoms with Gasteiger partial charge in [-0.05, 0) is 37.0 Å². The number of amides is 1. The van der Waals surface area contributed by atoms with Gasteiger partial charge < -0.3 is 15.2 Å². The third-order valence-electron chi connectivity index (χ3n) is 3.73. The van der Waals surface area contributed by atoms with E-state index in [4.69, 9.17) is 9.84 Å². The average molecular weight is 263 g/mol. The SMILES string of the molecule is COc1cccc(CCC(=O)NCC2(CO)CC2)c1. The molecule has 1 aliphatic carbocycles. The number of aryl methyl sites for hydroxylation is 1. The fourth-order valence-corrected chi connectivity index (χ4v) is 2.03. The second-order valence-electron chi connectivity index (χ2n) is 5.29. The monoisotopic (exact) mass is 263 g/mol. The molecule has 0 unspecified atom stereocenters. The molecule has 0 aromatic heterocycles. The van der Waals surface area contributed by atoms with Crippen molar-refractivity contribution < 1.29 is 14.6 Å². The van der Waals surface area contributed by atoms with Crippen LogP contribution in [-0.4, -0.2) is 31.3 Å². The Balaban J connectivity index is 1.73. The number of rotatable bonds is 7. The van der Waals surface area contributed by atoms with Gasteiger partial charge in [-0.3, -0.25) is 4.79 Å². The van der Waals surface area contributed by atoms with Crippen LogP contribution < -0.4 is 10.1 Å². The summed E-state index contributed by atoms with van der Waals surface area (Å²) in [6.07, 6.45) is 3.20. The third-order valence-corrected chi connectivity index (χ3v) is 3.73. The van der Waals surface area contributed by atoms with Crippen molar-refractivity contribution in [2.45, 2.75) is 25.7 Å². The number of nitrogens with one attached hydrogen (secondary N) is 1. The van der Waals surface area contributed by atoms with Gasteiger partial charge in [0.2, 0.25) is 5.91 Å². The highest BCUT2D eigenvalue weighted by molar-refractivity contribution is 5.76. The maximum absolute atomic E-state index is 11.7. The van der Waals surface area contributed by atoms with E-state index in [1.165, 1.54) is 0 Å². The van der Waals surface area contributed by atoms with Crippen molar-refractivity contribution in [1.82, 2.24) is 5.32 Å². The maximum atomic E-state index is 11.7. The Morgan fingerprint density at radius 2 is 2.26 bits per heavy atom. The van der Waals surface area contributed by atoms with E-state index in [0.717, 1.165) is 24.2 Å². The van der Waals surface area contributed by atoms with Crippen LogP contribution in [0.4, 0.5) is 0 Å². The van der Waals surface area contributed by atoms with Gasteiger partial charge in [0.05, 0.1) is 13.7 Å². The first-order chi connectivity index (χ1) is 9.17. The molecule has 0 bridgehead atoms. The van der Waals surface area contributed by atoms with Crippen molar-refractivity contribution in [2.75, 3.05) is 20.3 Å². The van der Waals surface area contributed by atoms with Gasteiger partial charge in [-0.25, -0.2) is 0 Å². The minimum Gasteiger partial charge on any atom is -0.497 e. The zero-order valence-corrected chi connectivity index (χ0v) is 11.3. The van der Waals surface area contributed by atoms with Crippen molar-refractivity contribution in [2.24, 2.45) is 5.41 Å². The van der Waals surface area contributed by atoms with Crippen LogP contribution in [0.1, 0.15) is 24.8 Å². The van der Waals surface area contributed by atoms with E-state index in [1.807, 2.05) is 24.3 Å². The van der Waals surface area contributed by atoms with Gasteiger partial charge in [0, 0.05) is 18.4 Å². The van der Waals surface area contributed by atoms with E-state index in [2.05, 4.69) is 5.32 Å². The minimum absolute atomic E-state index is 0.0222. The smallest absolute Gasteiger partial charge is 0.220 e. The molecule has 1 saturated carbocycles. The quantitative estimate of drug-likeness (QED) is 0.784. The lowest BCUT2D eigenvalue weighted by atomic mass is 10.1. The highest BCUT2D eigenvalue weighted by atomic mass is 16.5. The summed E-state index contributed by atoms with van der Waals surface area (Å²) in [5.74, 6) is 0.859. The molecule has 1 aromatic carbocycles. The summed E-state index contributed by atoms with van der Waals surface area (Å²) in [6.45, 7) is 0.767. The summed E-state index contributed by atoms with van der Waals surface area (Å²) in [5.41, 5.74) is 1.07. The molecule has 4 heteroatoms. The van der Waals surface area contributed by atoms with Gasteiger partial charge in [-0.1, -0.05) is 12.1 Å². The normalized spacial score (nSPS) is 15.9. The van der Waals surface area contributed by atoms with Crippen molar-refractivity contribution >= 4 is 5.91 Å². The summed E-state index contributed by atoms with van der Waals surface area (Å²) in [6, 6.07) is 7.76. The zero-order valence-electron chi connectivity index (χ0n) is 11.3. The molecule has 0 radical (unpaired) electrons. The molecule has 4 nitrogen and oxygen atoms in total.